The van der Waals surface area contributed by atoms with E-state index < -0.39 is 4.92 Å². The topological polar surface area (TPSA) is 87.0 Å². The smallest absolute Gasteiger partial charge is 0.364 e. The van der Waals surface area contributed by atoms with Crippen molar-refractivity contribution in [3.8, 4) is 0 Å². The zero-order chi connectivity index (χ0) is 10.8. The van der Waals surface area contributed by atoms with Crippen LogP contribution in [0.2, 0.25) is 0 Å². The molecule has 0 amide bonds. The fourth-order valence-electron chi connectivity index (χ4n) is 1.21. The van der Waals surface area contributed by atoms with E-state index in [1.54, 1.807) is 13.0 Å². The molecule has 2 aromatic rings. The van der Waals surface area contributed by atoms with Gasteiger partial charge in [0.1, 0.15) is 18.5 Å². The molecule has 0 unspecified atom stereocenters. The minimum atomic E-state index is -0.522. The summed E-state index contributed by atoms with van der Waals surface area (Å²) in [5.41, 5.74) is 1.39. The monoisotopic (exact) mass is 208 g/mol. The highest BCUT2D eigenvalue weighted by Gasteiger charge is 2.15. The van der Waals surface area contributed by atoms with Crippen LogP contribution in [0.5, 0.6) is 0 Å². The van der Waals surface area contributed by atoms with Gasteiger partial charge in [0, 0.05) is 6.07 Å². The number of hydrogen-bond donors (Lipinski definition) is 0. The normalized spacial score (nSPS) is 10.5. The van der Waals surface area contributed by atoms with Crippen molar-refractivity contribution < 1.29 is 9.45 Å². The molecule has 0 atom stereocenters. The van der Waals surface area contributed by atoms with Gasteiger partial charge in [-0.3, -0.25) is 0 Å². The van der Waals surface area contributed by atoms with E-state index in [2.05, 4.69) is 14.8 Å². The Morgan fingerprint density at radius 1 is 1.67 bits per heavy atom. The van der Waals surface area contributed by atoms with Gasteiger partial charge in [0.05, 0.1) is 16.9 Å². The van der Waals surface area contributed by atoms with Crippen LogP contribution in [0.1, 0.15) is 11.4 Å². The molecule has 15 heavy (non-hydrogen) atoms. The molecule has 0 radical (unpaired) electrons. The van der Waals surface area contributed by atoms with E-state index in [-0.39, 0.29) is 5.82 Å². The highest BCUT2D eigenvalue weighted by atomic mass is 16.6. The van der Waals surface area contributed by atoms with Gasteiger partial charge in [0.25, 0.3) is 0 Å². The quantitative estimate of drug-likeness (QED) is 0.557. The predicted molar refractivity (Wildman–Crippen MR) is 49.2 cm³/mol. The Kier molecular flexibility index (Phi) is 2.20. The van der Waals surface area contributed by atoms with Crippen molar-refractivity contribution in [3.63, 3.8) is 0 Å². The van der Waals surface area contributed by atoms with E-state index in [9.17, 15) is 10.1 Å². The summed E-state index contributed by atoms with van der Waals surface area (Å²) in [6.45, 7) is 2.12. The number of aryl methyl sites for hydroxylation is 1. The fraction of sp³-hybridized carbons (Fsp3) is 0.250. The van der Waals surface area contributed by atoms with Gasteiger partial charge in [-0.05, 0) is 11.8 Å². The lowest BCUT2D eigenvalue weighted by Crippen LogP contribution is -2.04. The third-order valence-corrected chi connectivity index (χ3v) is 1.96. The lowest BCUT2D eigenvalue weighted by Gasteiger charge is -1.93. The molecule has 0 saturated carbocycles. The predicted octanol–water partition coefficient (Wildman–Crippen LogP) is 1.14. The van der Waals surface area contributed by atoms with Gasteiger partial charge >= 0.3 is 5.82 Å². The molecular weight excluding hydrogens is 200 g/mol. The average Bonchev–Trinajstić information content (AvgIpc) is 2.77. The Morgan fingerprint density at radius 3 is 3.00 bits per heavy atom. The van der Waals surface area contributed by atoms with Gasteiger partial charge in [-0.15, -0.1) is 0 Å². The summed E-state index contributed by atoms with van der Waals surface area (Å²) >= 11 is 0. The Balaban J connectivity index is 2.25. The number of hydrogen-bond acceptors (Lipinski definition) is 5. The van der Waals surface area contributed by atoms with Gasteiger partial charge < -0.3 is 14.6 Å². The van der Waals surface area contributed by atoms with Crippen LogP contribution < -0.4 is 0 Å². The lowest BCUT2D eigenvalue weighted by molar-refractivity contribution is -0.389. The first-order chi connectivity index (χ1) is 7.16. The SMILES string of the molecule is Cc1cc([N+](=O)[O-])nn1Cc1ccon1. The maximum Gasteiger partial charge on any atom is 0.390 e. The van der Waals surface area contributed by atoms with Crippen LogP contribution in [0.4, 0.5) is 5.82 Å². The lowest BCUT2D eigenvalue weighted by atomic mass is 10.4. The molecule has 0 aliphatic rings. The first-order valence-corrected chi connectivity index (χ1v) is 4.25. The third-order valence-electron chi connectivity index (χ3n) is 1.96. The van der Waals surface area contributed by atoms with Crippen LogP contribution in [0, 0.1) is 17.0 Å². The molecule has 0 aliphatic carbocycles. The van der Waals surface area contributed by atoms with Crippen LogP contribution in [-0.2, 0) is 6.54 Å². The zero-order valence-corrected chi connectivity index (χ0v) is 7.95. The number of nitrogens with zero attached hydrogens (tertiary/aromatic N) is 4. The van der Waals surface area contributed by atoms with Gasteiger partial charge in [-0.25, -0.2) is 0 Å². The van der Waals surface area contributed by atoms with Crippen molar-refractivity contribution in [2.45, 2.75) is 13.5 Å². The van der Waals surface area contributed by atoms with Gasteiger partial charge in [0.15, 0.2) is 0 Å². The van der Waals surface area contributed by atoms with Gasteiger partial charge in [-0.1, -0.05) is 5.16 Å². The van der Waals surface area contributed by atoms with Crippen LogP contribution in [0.25, 0.3) is 0 Å². The van der Waals surface area contributed by atoms with Crippen molar-refractivity contribution in [3.05, 3.63) is 39.9 Å². The Bertz CT molecular complexity index is 474. The molecule has 2 aromatic heterocycles. The molecular formula is C8H8N4O3. The fourth-order valence-corrected chi connectivity index (χ4v) is 1.21. The molecule has 0 saturated heterocycles. The summed E-state index contributed by atoms with van der Waals surface area (Å²) in [7, 11) is 0. The second-order valence-electron chi connectivity index (χ2n) is 3.05. The summed E-state index contributed by atoms with van der Waals surface area (Å²) in [6.07, 6.45) is 1.45. The zero-order valence-electron chi connectivity index (χ0n) is 7.95. The summed E-state index contributed by atoms with van der Waals surface area (Å²) in [5, 5.41) is 18.0. The molecule has 78 valence electrons. The minimum absolute atomic E-state index is 0.156. The highest BCUT2D eigenvalue weighted by Crippen LogP contribution is 2.12. The van der Waals surface area contributed by atoms with Crippen molar-refractivity contribution in [1.82, 2.24) is 14.9 Å². The van der Waals surface area contributed by atoms with E-state index in [0.29, 0.717) is 17.9 Å². The molecule has 2 rings (SSSR count). The average molecular weight is 208 g/mol. The Morgan fingerprint density at radius 2 is 2.47 bits per heavy atom. The Hall–Kier alpha value is -2.18. The third kappa shape index (κ3) is 1.85. The molecule has 0 aromatic carbocycles. The van der Waals surface area contributed by atoms with Crippen molar-refractivity contribution in [2.24, 2.45) is 0 Å². The molecule has 0 bridgehead atoms. The van der Waals surface area contributed by atoms with Crippen LogP contribution in [-0.4, -0.2) is 19.9 Å². The minimum Gasteiger partial charge on any atom is -0.364 e. The second kappa shape index (κ2) is 3.52. The molecule has 7 heteroatoms. The Labute approximate surface area is 84.4 Å². The summed E-state index contributed by atoms with van der Waals surface area (Å²) < 4.78 is 6.17. The molecule has 0 N–H and O–H groups in total. The number of nitro groups is 1. The van der Waals surface area contributed by atoms with Gasteiger partial charge in [0.2, 0.25) is 0 Å². The largest absolute Gasteiger partial charge is 0.390 e. The number of aromatic nitrogens is 3. The number of rotatable bonds is 3. The van der Waals surface area contributed by atoms with Crippen LogP contribution in [0.3, 0.4) is 0 Å². The second-order valence-corrected chi connectivity index (χ2v) is 3.05. The van der Waals surface area contributed by atoms with E-state index >= 15 is 0 Å². The maximum atomic E-state index is 10.5. The highest BCUT2D eigenvalue weighted by molar-refractivity contribution is 5.21. The summed E-state index contributed by atoms with van der Waals surface area (Å²) in [5.74, 6) is -0.156. The van der Waals surface area contributed by atoms with E-state index in [4.69, 9.17) is 0 Å². The molecule has 7 nitrogen and oxygen atoms in total. The van der Waals surface area contributed by atoms with Crippen molar-refractivity contribution in [2.75, 3.05) is 0 Å². The van der Waals surface area contributed by atoms with E-state index in [1.165, 1.54) is 17.0 Å². The standard InChI is InChI=1S/C8H8N4O3/c1-6-4-8(12(13)14)9-11(6)5-7-2-3-15-10-7/h2-4H,5H2,1H3. The summed E-state index contributed by atoms with van der Waals surface area (Å²) in [4.78, 5) is 9.94. The van der Waals surface area contributed by atoms with E-state index in [0.717, 1.165) is 0 Å². The molecule has 2 heterocycles. The van der Waals surface area contributed by atoms with Crippen LogP contribution in [0.15, 0.2) is 22.9 Å². The maximum absolute atomic E-state index is 10.5. The first kappa shape index (κ1) is 9.38. The van der Waals surface area contributed by atoms with Crippen LogP contribution >= 0.6 is 0 Å². The summed E-state index contributed by atoms with van der Waals surface area (Å²) in [6, 6.07) is 3.10. The van der Waals surface area contributed by atoms with Gasteiger partial charge in [-0.2, -0.15) is 4.68 Å². The molecule has 0 fully saturated rings. The molecule has 0 spiro atoms. The first-order valence-electron chi connectivity index (χ1n) is 4.25. The molecule has 0 aliphatic heterocycles. The van der Waals surface area contributed by atoms with E-state index in [1.807, 2.05) is 0 Å². The van der Waals surface area contributed by atoms with Crippen molar-refractivity contribution in [1.29, 1.82) is 0 Å². The van der Waals surface area contributed by atoms with Crippen molar-refractivity contribution >= 4 is 5.82 Å².